The Morgan fingerprint density at radius 3 is 2.40 bits per heavy atom. The van der Waals surface area contributed by atoms with Crippen molar-refractivity contribution < 1.29 is 13.0 Å². The molecule has 0 bridgehead atoms. The minimum absolute atomic E-state index is 0.0195. The normalized spacial score (nSPS) is 14.0. The van der Waals surface area contributed by atoms with E-state index >= 15 is 0 Å². The van der Waals surface area contributed by atoms with Crippen LogP contribution in [0.25, 0.3) is 0 Å². The maximum absolute atomic E-state index is 13.5. The summed E-state index contributed by atoms with van der Waals surface area (Å²) in [4.78, 5) is -0.0195. The fourth-order valence-electron chi connectivity index (χ4n) is 1.82. The number of nitrogens with two attached hydrogens (primary N) is 1. The molecule has 2 N–H and O–H groups in total. The van der Waals surface area contributed by atoms with Crippen molar-refractivity contribution in [2.24, 2.45) is 5.73 Å². The van der Waals surface area contributed by atoms with Crippen LogP contribution in [0.5, 0.6) is 0 Å². The van der Waals surface area contributed by atoms with Gasteiger partial charge in [0.1, 0.15) is 11.6 Å². The second-order valence-corrected chi connectivity index (χ2v) is 6.07. The average molecular weight is 295 g/mol. The summed E-state index contributed by atoms with van der Waals surface area (Å²) >= 11 is 0. The van der Waals surface area contributed by atoms with E-state index in [1.54, 1.807) is 0 Å². The van der Waals surface area contributed by atoms with Crippen LogP contribution in [0.1, 0.15) is 17.2 Å². The van der Waals surface area contributed by atoms with E-state index in [-0.39, 0.29) is 10.6 Å². The van der Waals surface area contributed by atoms with Crippen LogP contribution in [-0.2, 0) is 10.8 Å². The predicted molar refractivity (Wildman–Crippen MR) is 75.7 cm³/mol. The number of rotatable bonds is 4. The third kappa shape index (κ3) is 3.49. The van der Waals surface area contributed by atoms with Crippen LogP contribution in [0.4, 0.5) is 8.78 Å². The van der Waals surface area contributed by atoms with Crippen molar-refractivity contribution in [1.82, 2.24) is 0 Å². The number of hydrogen-bond donors (Lipinski definition) is 1. The van der Waals surface area contributed by atoms with E-state index < -0.39 is 28.5 Å². The molecule has 0 amide bonds. The van der Waals surface area contributed by atoms with Gasteiger partial charge in [0.05, 0.1) is 15.7 Å². The third-order valence-electron chi connectivity index (χ3n) is 2.98. The number of hydrogen-bond acceptors (Lipinski definition) is 2. The standard InChI is InChI=1S/C15H15F2NOS/c1-10-2-4-11(5-3-10)14(18)9-20(19)15-7-6-12(16)8-13(15)17/h2-8,14H,9,18H2,1H3. The molecule has 106 valence electrons. The van der Waals surface area contributed by atoms with Gasteiger partial charge in [0.15, 0.2) is 0 Å². The van der Waals surface area contributed by atoms with Gasteiger partial charge < -0.3 is 5.73 Å². The van der Waals surface area contributed by atoms with Gasteiger partial charge in [-0.2, -0.15) is 0 Å². The molecule has 0 saturated carbocycles. The molecule has 2 unspecified atom stereocenters. The predicted octanol–water partition coefficient (Wildman–Crippen LogP) is 3.08. The van der Waals surface area contributed by atoms with E-state index in [1.807, 2.05) is 31.2 Å². The Kier molecular flexibility index (Phi) is 4.62. The molecule has 2 rings (SSSR count). The molecule has 2 atom stereocenters. The van der Waals surface area contributed by atoms with E-state index in [1.165, 1.54) is 6.07 Å². The smallest absolute Gasteiger partial charge is 0.142 e. The summed E-state index contributed by atoms with van der Waals surface area (Å²) in [6.45, 7) is 1.96. The molecule has 0 saturated heterocycles. The summed E-state index contributed by atoms with van der Waals surface area (Å²) in [5, 5.41) is 0. The first kappa shape index (κ1) is 14.8. The lowest BCUT2D eigenvalue weighted by Gasteiger charge is -2.12. The highest BCUT2D eigenvalue weighted by molar-refractivity contribution is 7.85. The van der Waals surface area contributed by atoms with Crippen LogP contribution in [0.15, 0.2) is 47.4 Å². The van der Waals surface area contributed by atoms with Crippen LogP contribution in [0.3, 0.4) is 0 Å². The molecule has 0 heterocycles. The van der Waals surface area contributed by atoms with Crippen LogP contribution in [-0.4, -0.2) is 9.96 Å². The summed E-state index contributed by atoms with van der Waals surface area (Å²) < 4.78 is 38.4. The Balaban J connectivity index is 2.13. The van der Waals surface area contributed by atoms with Crippen molar-refractivity contribution in [2.75, 3.05) is 5.75 Å². The van der Waals surface area contributed by atoms with Crippen molar-refractivity contribution in [3.05, 3.63) is 65.2 Å². The molecule has 20 heavy (non-hydrogen) atoms. The highest BCUT2D eigenvalue weighted by Crippen LogP contribution is 2.19. The first-order valence-electron chi connectivity index (χ1n) is 6.13. The summed E-state index contributed by atoms with van der Waals surface area (Å²) in [6.07, 6.45) is 0. The fourth-order valence-corrected chi connectivity index (χ4v) is 3.02. The molecule has 0 fully saturated rings. The zero-order valence-electron chi connectivity index (χ0n) is 11.0. The zero-order chi connectivity index (χ0) is 14.7. The number of benzene rings is 2. The molecule has 0 aliphatic heterocycles. The molecule has 0 radical (unpaired) electrons. The largest absolute Gasteiger partial charge is 0.323 e. The van der Waals surface area contributed by atoms with E-state index in [0.717, 1.165) is 23.3 Å². The quantitative estimate of drug-likeness (QED) is 0.942. The Hall–Kier alpha value is -1.59. The van der Waals surface area contributed by atoms with Gasteiger partial charge in [-0.3, -0.25) is 4.21 Å². The molecule has 0 aliphatic carbocycles. The Morgan fingerprint density at radius 1 is 1.15 bits per heavy atom. The van der Waals surface area contributed by atoms with Gasteiger partial charge in [-0.25, -0.2) is 8.78 Å². The minimum atomic E-state index is -1.61. The molecule has 2 nitrogen and oxygen atoms in total. The van der Waals surface area contributed by atoms with Gasteiger partial charge in [0.2, 0.25) is 0 Å². The van der Waals surface area contributed by atoms with Crippen LogP contribution in [0, 0.1) is 18.6 Å². The van der Waals surface area contributed by atoms with Crippen LogP contribution >= 0.6 is 0 Å². The molecule has 2 aromatic rings. The van der Waals surface area contributed by atoms with Crippen molar-refractivity contribution >= 4 is 10.8 Å². The molecule has 2 aromatic carbocycles. The molecular formula is C15H15F2NOS. The van der Waals surface area contributed by atoms with Crippen molar-refractivity contribution in [2.45, 2.75) is 17.9 Å². The second-order valence-electron chi connectivity index (χ2n) is 4.60. The van der Waals surface area contributed by atoms with Gasteiger partial charge in [-0.15, -0.1) is 0 Å². The number of aryl methyl sites for hydroxylation is 1. The van der Waals surface area contributed by atoms with Crippen molar-refractivity contribution in [3.8, 4) is 0 Å². The minimum Gasteiger partial charge on any atom is -0.323 e. The lowest BCUT2D eigenvalue weighted by atomic mass is 10.1. The third-order valence-corrected chi connectivity index (χ3v) is 4.46. The van der Waals surface area contributed by atoms with Crippen molar-refractivity contribution in [1.29, 1.82) is 0 Å². The zero-order valence-corrected chi connectivity index (χ0v) is 11.8. The maximum Gasteiger partial charge on any atom is 0.142 e. The van der Waals surface area contributed by atoms with Gasteiger partial charge in [0.25, 0.3) is 0 Å². The monoisotopic (exact) mass is 295 g/mol. The highest BCUT2D eigenvalue weighted by atomic mass is 32.2. The SMILES string of the molecule is Cc1ccc(C(N)CS(=O)c2ccc(F)cc2F)cc1. The molecule has 0 spiro atoms. The van der Waals surface area contributed by atoms with Gasteiger partial charge in [0, 0.05) is 17.9 Å². The van der Waals surface area contributed by atoms with E-state index in [2.05, 4.69) is 0 Å². The molecule has 5 heteroatoms. The average Bonchev–Trinajstić information content (AvgIpc) is 2.39. The Labute approximate surface area is 119 Å². The highest BCUT2D eigenvalue weighted by Gasteiger charge is 2.15. The Morgan fingerprint density at radius 2 is 1.80 bits per heavy atom. The first-order valence-corrected chi connectivity index (χ1v) is 7.45. The summed E-state index contributed by atoms with van der Waals surface area (Å²) in [7, 11) is -1.61. The second kappa shape index (κ2) is 6.24. The first-order chi connectivity index (χ1) is 9.47. The van der Waals surface area contributed by atoms with Crippen molar-refractivity contribution in [3.63, 3.8) is 0 Å². The molecule has 0 aromatic heterocycles. The summed E-state index contributed by atoms with van der Waals surface area (Å²) in [5.74, 6) is -1.41. The Bertz CT molecular complexity index is 628. The van der Waals surface area contributed by atoms with E-state index in [0.29, 0.717) is 0 Å². The fraction of sp³-hybridized carbons (Fsp3) is 0.200. The summed E-state index contributed by atoms with van der Waals surface area (Å²) in [5.41, 5.74) is 7.92. The van der Waals surface area contributed by atoms with Gasteiger partial charge in [-0.05, 0) is 24.6 Å². The van der Waals surface area contributed by atoms with Crippen LogP contribution < -0.4 is 5.73 Å². The number of halogens is 2. The summed E-state index contributed by atoms with van der Waals surface area (Å²) in [6, 6.07) is 10.1. The lowest BCUT2D eigenvalue weighted by molar-refractivity contribution is 0.561. The van der Waals surface area contributed by atoms with E-state index in [9.17, 15) is 13.0 Å². The topological polar surface area (TPSA) is 43.1 Å². The van der Waals surface area contributed by atoms with Crippen LogP contribution in [0.2, 0.25) is 0 Å². The van der Waals surface area contributed by atoms with Gasteiger partial charge >= 0.3 is 0 Å². The van der Waals surface area contributed by atoms with E-state index in [4.69, 9.17) is 5.73 Å². The molecular weight excluding hydrogens is 280 g/mol. The molecule has 0 aliphatic rings. The van der Waals surface area contributed by atoms with Gasteiger partial charge in [-0.1, -0.05) is 29.8 Å². The maximum atomic E-state index is 13.5. The lowest BCUT2D eigenvalue weighted by Crippen LogP contribution is -2.19.